The minimum absolute atomic E-state index is 0.243. The summed E-state index contributed by atoms with van der Waals surface area (Å²) in [5.41, 5.74) is 5.76. The molecule has 4 N–H and O–H groups in total. The van der Waals surface area contributed by atoms with Crippen LogP contribution in [0.3, 0.4) is 0 Å². The van der Waals surface area contributed by atoms with Gasteiger partial charge < -0.3 is 16.4 Å². The van der Waals surface area contributed by atoms with E-state index in [4.69, 9.17) is 5.73 Å². The fraction of sp³-hybridized carbons (Fsp3) is 1.00. The summed E-state index contributed by atoms with van der Waals surface area (Å²) in [6.45, 7) is 9.68. The highest BCUT2D eigenvalue weighted by atomic mass is 15.0. The van der Waals surface area contributed by atoms with Gasteiger partial charge >= 0.3 is 0 Å². The normalized spacial score (nSPS) is 13.7. The molecule has 0 radical (unpaired) electrons. The van der Waals surface area contributed by atoms with E-state index in [9.17, 15) is 0 Å². The van der Waals surface area contributed by atoms with Gasteiger partial charge in [0, 0.05) is 25.2 Å². The van der Waals surface area contributed by atoms with Crippen LogP contribution in [0.15, 0.2) is 0 Å². The number of rotatable bonds is 24. The molecule has 0 aliphatic heterocycles. The highest BCUT2D eigenvalue weighted by Crippen LogP contribution is 2.14. The molecule has 3 heteroatoms. The summed E-state index contributed by atoms with van der Waals surface area (Å²) >= 11 is 0. The first-order valence-electron chi connectivity index (χ1n) is 13.4. The lowest BCUT2D eigenvalue weighted by molar-refractivity contribution is 0.474. The van der Waals surface area contributed by atoms with Crippen LogP contribution in [0, 0.1) is 0 Å². The number of unbranched alkanes of at least 4 members (excludes halogenated alkanes) is 17. The van der Waals surface area contributed by atoms with Crippen molar-refractivity contribution in [3.63, 3.8) is 0 Å². The summed E-state index contributed by atoms with van der Waals surface area (Å²) in [5, 5.41) is 7.02. The maximum Gasteiger partial charge on any atom is 0.0164 e. The first-order chi connectivity index (χ1) is 14.2. The van der Waals surface area contributed by atoms with E-state index in [-0.39, 0.29) is 6.04 Å². The van der Waals surface area contributed by atoms with Gasteiger partial charge in [-0.05, 0) is 26.8 Å². The summed E-state index contributed by atoms with van der Waals surface area (Å²) in [7, 11) is 0. The Morgan fingerprint density at radius 1 is 0.552 bits per heavy atom. The maximum atomic E-state index is 5.76. The predicted molar refractivity (Wildman–Crippen MR) is 133 cm³/mol. The average Bonchev–Trinajstić information content (AvgIpc) is 2.70. The van der Waals surface area contributed by atoms with E-state index in [1.807, 2.05) is 6.92 Å². The van der Waals surface area contributed by atoms with Crippen molar-refractivity contribution in [2.75, 3.05) is 19.6 Å². The molecule has 0 fully saturated rings. The van der Waals surface area contributed by atoms with Gasteiger partial charge in [0.25, 0.3) is 0 Å². The van der Waals surface area contributed by atoms with Crippen LogP contribution in [0.1, 0.15) is 136 Å². The van der Waals surface area contributed by atoms with Crippen molar-refractivity contribution in [2.45, 2.75) is 148 Å². The highest BCUT2D eigenvalue weighted by molar-refractivity contribution is 4.67. The van der Waals surface area contributed by atoms with E-state index < -0.39 is 0 Å². The Morgan fingerprint density at radius 2 is 0.931 bits per heavy atom. The molecule has 0 saturated heterocycles. The SMILES string of the molecule is CCCCCCCCCCCCCCCCCCCCNCC(C)NCC(C)N. The van der Waals surface area contributed by atoms with Crippen molar-refractivity contribution in [3.8, 4) is 0 Å². The molecule has 0 aromatic heterocycles. The van der Waals surface area contributed by atoms with Gasteiger partial charge in [-0.2, -0.15) is 0 Å². The zero-order valence-electron chi connectivity index (χ0n) is 20.6. The molecule has 0 bridgehead atoms. The number of nitrogens with one attached hydrogen (secondary N) is 2. The van der Waals surface area contributed by atoms with E-state index in [1.54, 1.807) is 0 Å². The van der Waals surface area contributed by atoms with Gasteiger partial charge in [0.2, 0.25) is 0 Å². The zero-order valence-corrected chi connectivity index (χ0v) is 20.6. The second-order valence-electron chi connectivity index (χ2n) is 9.50. The molecule has 0 saturated carbocycles. The Labute approximate surface area is 184 Å². The van der Waals surface area contributed by atoms with E-state index in [0.29, 0.717) is 6.04 Å². The molecule has 0 aromatic rings. The van der Waals surface area contributed by atoms with Gasteiger partial charge in [-0.15, -0.1) is 0 Å². The van der Waals surface area contributed by atoms with E-state index >= 15 is 0 Å². The Bertz CT molecular complexity index is 294. The minimum atomic E-state index is 0.243. The smallest absolute Gasteiger partial charge is 0.0164 e. The van der Waals surface area contributed by atoms with Crippen molar-refractivity contribution in [1.82, 2.24) is 10.6 Å². The molecule has 0 aliphatic rings. The largest absolute Gasteiger partial charge is 0.327 e. The molecule has 0 spiro atoms. The van der Waals surface area contributed by atoms with Crippen molar-refractivity contribution in [3.05, 3.63) is 0 Å². The third-order valence-electron chi connectivity index (χ3n) is 5.95. The van der Waals surface area contributed by atoms with Crippen LogP contribution in [0.4, 0.5) is 0 Å². The van der Waals surface area contributed by atoms with Crippen LogP contribution in [-0.4, -0.2) is 31.7 Å². The van der Waals surface area contributed by atoms with Gasteiger partial charge in [0.1, 0.15) is 0 Å². The van der Waals surface area contributed by atoms with Crippen LogP contribution in [0.2, 0.25) is 0 Å². The second-order valence-corrected chi connectivity index (χ2v) is 9.50. The van der Waals surface area contributed by atoms with Crippen molar-refractivity contribution >= 4 is 0 Å². The van der Waals surface area contributed by atoms with E-state index in [0.717, 1.165) is 19.6 Å². The molecule has 3 nitrogen and oxygen atoms in total. The van der Waals surface area contributed by atoms with Crippen molar-refractivity contribution in [2.24, 2.45) is 5.73 Å². The molecule has 0 aliphatic carbocycles. The van der Waals surface area contributed by atoms with Crippen LogP contribution in [0.5, 0.6) is 0 Å². The fourth-order valence-corrected chi connectivity index (χ4v) is 3.93. The molecular formula is C26H57N3. The standard InChI is InChI=1S/C26H57N3/c1-4-5-6-7-8-9-10-11-12-13-14-15-16-17-18-19-20-21-22-28-24-26(3)29-23-25(2)27/h25-26,28-29H,4-24,27H2,1-3H3. The Kier molecular flexibility index (Phi) is 24.1. The average molecular weight is 412 g/mol. The lowest BCUT2D eigenvalue weighted by atomic mass is 10.0. The second kappa shape index (κ2) is 24.2. The van der Waals surface area contributed by atoms with Crippen LogP contribution >= 0.6 is 0 Å². The molecule has 2 atom stereocenters. The first kappa shape index (κ1) is 28.9. The summed E-state index contributed by atoms with van der Waals surface area (Å²) < 4.78 is 0. The zero-order chi connectivity index (χ0) is 21.4. The minimum Gasteiger partial charge on any atom is -0.327 e. The molecule has 0 aromatic carbocycles. The van der Waals surface area contributed by atoms with Crippen LogP contribution in [-0.2, 0) is 0 Å². The number of hydrogen-bond donors (Lipinski definition) is 3. The Morgan fingerprint density at radius 3 is 1.31 bits per heavy atom. The predicted octanol–water partition coefficient (Wildman–Crippen LogP) is 6.94. The summed E-state index contributed by atoms with van der Waals surface area (Å²) in [4.78, 5) is 0. The molecule has 2 unspecified atom stereocenters. The summed E-state index contributed by atoms with van der Waals surface area (Å²) in [6.07, 6.45) is 26.0. The molecule has 0 rings (SSSR count). The molecule has 29 heavy (non-hydrogen) atoms. The molecule has 0 amide bonds. The number of nitrogens with two attached hydrogens (primary N) is 1. The monoisotopic (exact) mass is 411 g/mol. The van der Waals surface area contributed by atoms with Crippen LogP contribution in [0.25, 0.3) is 0 Å². The summed E-state index contributed by atoms with van der Waals surface area (Å²) in [5.74, 6) is 0. The van der Waals surface area contributed by atoms with Gasteiger partial charge in [-0.25, -0.2) is 0 Å². The van der Waals surface area contributed by atoms with E-state index in [1.165, 1.54) is 116 Å². The fourth-order valence-electron chi connectivity index (χ4n) is 3.93. The summed E-state index contributed by atoms with van der Waals surface area (Å²) in [6, 6.07) is 0.754. The van der Waals surface area contributed by atoms with E-state index in [2.05, 4.69) is 24.5 Å². The maximum absolute atomic E-state index is 5.76. The Balaban J connectivity index is 3.06. The lowest BCUT2D eigenvalue weighted by Crippen LogP contribution is -2.41. The van der Waals surface area contributed by atoms with Crippen LogP contribution < -0.4 is 16.4 Å². The topological polar surface area (TPSA) is 50.1 Å². The first-order valence-corrected chi connectivity index (χ1v) is 13.4. The van der Waals surface area contributed by atoms with Gasteiger partial charge in [0.15, 0.2) is 0 Å². The van der Waals surface area contributed by atoms with Gasteiger partial charge in [-0.3, -0.25) is 0 Å². The molecule has 0 heterocycles. The van der Waals surface area contributed by atoms with Crippen molar-refractivity contribution < 1.29 is 0 Å². The number of hydrogen-bond acceptors (Lipinski definition) is 3. The third-order valence-corrected chi connectivity index (χ3v) is 5.95. The lowest BCUT2D eigenvalue weighted by Gasteiger charge is -2.16. The van der Waals surface area contributed by atoms with Crippen molar-refractivity contribution in [1.29, 1.82) is 0 Å². The molecular weight excluding hydrogens is 354 g/mol. The molecule has 176 valence electrons. The highest BCUT2D eigenvalue weighted by Gasteiger charge is 2.01. The quantitative estimate of drug-likeness (QED) is 0.151. The third kappa shape index (κ3) is 25.8. The van der Waals surface area contributed by atoms with Gasteiger partial charge in [-0.1, -0.05) is 116 Å². The Hall–Kier alpha value is -0.120. The van der Waals surface area contributed by atoms with Gasteiger partial charge in [0.05, 0.1) is 0 Å².